The summed E-state index contributed by atoms with van der Waals surface area (Å²) in [6.45, 7) is 1.59. The molecular weight excluding hydrogens is 299 g/mol. The smallest absolute Gasteiger partial charge is 0.376 e. The molecule has 2 aromatic heterocycles. The van der Waals surface area contributed by atoms with E-state index in [1.165, 1.54) is 19.4 Å². The van der Waals surface area contributed by atoms with Crippen LogP contribution in [0.3, 0.4) is 0 Å². The maximum Gasteiger partial charge on any atom is 0.376 e. The summed E-state index contributed by atoms with van der Waals surface area (Å²) in [5.74, 6) is 0.228. The minimum Gasteiger partial charge on any atom is -0.463 e. The fraction of sp³-hybridized carbons (Fsp3) is 0.375. The van der Waals surface area contributed by atoms with Crippen LogP contribution in [0, 0.1) is 5.82 Å². The molecule has 0 aromatic carbocycles. The van der Waals surface area contributed by atoms with Gasteiger partial charge in [0.2, 0.25) is 5.82 Å². The lowest BCUT2D eigenvalue weighted by Gasteiger charge is -2.32. The van der Waals surface area contributed by atoms with E-state index in [0.717, 1.165) is 31.6 Å². The lowest BCUT2D eigenvalue weighted by Crippen LogP contribution is -2.34. The second-order valence-corrected chi connectivity index (χ2v) is 5.39. The molecule has 7 heteroatoms. The van der Waals surface area contributed by atoms with Crippen molar-refractivity contribution in [1.82, 2.24) is 15.0 Å². The molecule has 0 amide bonds. The third-order valence-electron chi connectivity index (χ3n) is 4.00. The zero-order valence-corrected chi connectivity index (χ0v) is 12.8. The number of rotatable bonds is 3. The maximum absolute atomic E-state index is 12.9. The van der Waals surface area contributed by atoms with E-state index in [9.17, 15) is 9.18 Å². The van der Waals surface area contributed by atoms with E-state index in [0.29, 0.717) is 11.7 Å². The molecule has 23 heavy (non-hydrogen) atoms. The third kappa shape index (κ3) is 3.44. The van der Waals surface area contributed by atoms with Gasteiger partial charge in [0.15, 0.2) is 0 Å². The van der Waals surface area contributed by atoms with Gasteiger partial charge in [-0.15, -0.1) is 0 Å². The Labute approximate surface area is 133 Å². The van der Waals surface area contributed by atoms with Gasteiger partial charge in [-0.1, -0.05) is 0 Å². The van der Waals surface area contributed by atoms with Crippen molar-refractivity contribution in [2.75, 3.05) is 25.1 Å². The summed E-state index contributed by atoms with van der Waals surface area (Å²) in [7, 11) is 1.31. The van der Waals surface area contributed by atoms with Crippen LogP contribution >= 0.6 is 0 Å². The molecule has 0 unspecified atom stereocenters. The number of carbonyl (C=O) groups is 1. The van der Waals surface area contributed by atoms with Gasteiger partial charge < -0.3 is 9.64 Å². The highest BCUT2D eigenvalue weighted by molar-refractivity contribution is 5.85. The Balaban J connectivity index is 1.67. The molecule has 1 aliphatic rings. The van der Waals surface area contributed by atoms with Gasteiger partial charge in [0.25, 0.3) is 0 Å². The molecule has 1 saturated heterocycles. The molecular formula is C16H17FN4O2. The highest BCUT2D eigenvalue weighted by Crippen LogP contribution is 2.28. The number of esters is 1. The average Bonchev–Trinajstić information content (AvgIpc) is 2.62. The molecule has 3 rings (SSSR count). The predicted molar refractivity (Wildman–Crippen MR) is 81.8 cm³/mol. The maximum atomic E-state index is 12.9. The van der Waals surface area contributed by atoms with Gasteiger partial charge in [-0.2, -0.15) is 0 Å². The van der Waals surface area contributed by atoms with Crippen LogP contribution in [0.25, 0.3) is 0 Å². The minimum atomic E-state index is -0.544. The van der Waals surface area contributed by atoms with Crippen LogP contribution in [0.4, 0.5) is 10.2 Å². The summed E-state index contributed by atoms with van der Waals surface area (Å²) >= 11 is 0. The molecule has 1 aliphatic heterocycles. The van der Waals surface area contributed by atoms with E-state index < -0.39 is 5.97 Å². The number of nitrogens with zero attached hydrogens (tertiary/aromatic N) is 4. The van der Waals surface area contributed by atoms with E-state index in [-0.39, 0.29) is 11.6 Å². The number of hydrogen-bond donors (Lipinski definition) is 0. The first kappa shape index (κ1) is 15.3. The zero-order chi connectivity index (χ0) is 16.2. The molecule has 0 atom stereocenters. The Hall–Kier alpha value is -2.57. The Morgan fingerprint density at radius 2 is 2.04 bits per heavy atom. The second-order valence-electron chi connectivity index (χ2n) is 5.39. The second kappa shape index (κ2) is 6.68. The van der Waals surface area contributed by atoms with Crippen molar-refractivity contribution >= 4 is 11.8 Å². The number of anilines is 1. The Morgan fingerprint density at radius 3 is 2.70 bits per heavy atom. The van der Waals surface area contributed by atoms with Gasteiger partial charge >= 0.3 is 5.97 Å². The van der Waals surface area contributed by atoms with Crippen molar-refractivity contribution in [1.29, 1.82) is 0 Å². The van der Waals surface area contributed by atoms with Gasteiger partial charge in [0, 0.05) is 30.9 Å². The summed E-state index contributed by atoms with van der Waals surface area (Å²) in [4.78, 5) is 26.0. The number of methoxy groups -OCH3 is 1. The standard InChI is InChI=1S/C16H17FN4O2/c1-23-16(22)15-18-7-4-14(20-15)21-8-5-11(6-9-21)13-3-2-12(17)10-19-13/h2-4,7,10-11H,5-6,8-9H2,1H3. The van der Waals surface area contributed by atoms with Gasteiger partial charge in [0.1, 0.15) is 11.6 Å². The molecule has 3 heterocycles. The van der Waals surface area contributed by atoms with Crippen LogP contribution in [-0.4, -0.2) is 41.1 Å². The van der Waals surface area contributed by atoms with Crippen LogP contribution in [0.15, 0.2) is 30.6 Å². The van der Waals surface area contributed by atoms with Crippen LogP contribution in [-0.2, 0) is 4.74 Å². The highest BCUT2D eigenvalue weighted by Gasteiger charge is 2.23. The number of carbonyl (C=O) groups excluding carboxylic acids is 1. The van der Waals surface area contributed by atoms with E-state index in [1.54, 1.807) is 18.3 Å². The SMILES string of the molecule is COC(=O)c1nccc(N2CCC(c3ccc(F)cn3)CC2)n1. The fourth-order valence-corrected chi connectivity index (χ4v) is 2.75. The van der Waals surface area contributed by atoms with E-state index in [1.807, 2.05) is 0 Å². The van der Waals surface area contributed by atoms with Crippen molar-refractivity contribution in [2.24, 2.45) is 0 Å². The first-order valence-electron chi connectivity index (χ1n) is 7.45. The molecule has 0 spiro atoms. The molecule has 2 aromatic rings. The molecule has 0 radical (unpaired) electrons. The van der Waals surface area contributed by atoms with Crippen LogP contribution < -0.4 is 4.90 Å². The minimum absolute atomic E-state index is 0.0623. The molecule has 0 saturated carbocycles. The zero-order valence-electron chi connectivity index (χ0n) is 12.8. The third-order valence-corrected chi connectivity index (χ3v) is 4.00. The van der Waals surface area contributed by atoms with E-state index in [4.69, 9.17) is 0 Å². The summed E-state index contributed by atoms with van der Waals surface area (Å²) in [6, 6.07) is 4.97. The van der Waals surface area contributed by atoms with E-state index >= 15 is 0 Å². The number of piperidine rings is 1. The molecule has 6 nitrogen and oxygen atoms in total. The van der Waals surface area contributed by atoms with Crippen molar-refractivity contribution < 1.29 is 13.9 Å². The molecule has 1 fully saturated rings. The predicted octanol–water partition coefficient (Wildman–Crippen LogP) is 2.18. The topological polar surface area (TPSA) is 68.2 Å². The van der Waals surface area contributed by atoms with Gasteiger partial charge in [-0.05, 0) is 31.0 Å². The molecule has 0 aliphatic carbocycles. The molecule has 0 N–H and O–H groups in total. The number of pyridine rings is 1. The number of halogens is 1. The molecule has 120 valence electrons. The van der Waals surface area contributed by atoms with Crippen LogP contribution in [0.2, 0.25) is 0 Å². The lowest BCUT2D eigenvalue weighted by molar-refractivity contribution is 0.0586. The number of aromatic nitrogens is 3. The van der Waals surface area contributed by atoms with Crippen molar-refractivity contribution in [3.05, 3.63) is 47.9 Å². The van der Waals surface area contributed by atoms with Crippen molar-refractivity contribution in [3.63, 3.8) is 0 Å². The molecule has 0 bridgehead atoms. The average molecular weight is 316 g/mol. The van der Waals surface area contributed by atoms with Crippen molar-refractivity contribution in [2.45, 2.75) is 18.8 Å². The quantitative estimate of drug-likeness (QED) is 0.809. The van der Waals surface area contributed by atoms with Crippen molar-refractivity contribution in [3.8, 4) is 0 Å². The Kier molecular flexibility index (Phi) is 4.45. The Morgan fingerprint density at radius 1 is 1.26 bits per heavy atom. The Bertz CT molecular complexity index is 685. The number of hydrogen-bond acceptors (Lipinski definition) is 6. The van der Waals surface area contributed by atoms with Gasteiger partial charge in [-0.25, -0.2) is 19.2 Å². The highest BCUT2D eigenvalue weighted by atomic mass is 19.1. The van der Waals surface area contributed by atoms with Crippen LogP contribution in [0.1, 0.15) is 35.1 Å². The van der Waals surface area contributed by atoms with Gasteiger partial charge in [0.05, 0.1) is 13.3 Å². The summed E-state index contributed by atoms with van der Waals surface area (Å²) < 4.78 is 17.6. The summed E-state index contributed by atoms with van der Waals surface area (Å²) in [5.41, 5.74) is 0.920. The van der Waals surface area contributed by atoms with Crippen LogP contribution in [0.5, 0.6) is 0 Å². The summed E-state index contributed by atoms with van der Waals surface area (Å²) in [6.07, 6.45) is 4.61. The normalized spacial score (nSPS) is 15.5. The largest absolute Gasteiger partial charge is 0.463 e. The summed E-state index contributed by atoms with van der Waals surface area (Å²) in [5, 5.41) is 0. The monoisotopic (exact) mass is 316 g/mol. The first-order chi connectivity index (χ1) is 11.2. The number of ether oxygens (including phenoxy) is 1. The lowest BCUT2D eigenvalue weighted by atomic mass is 9.93. The fourth-order valence-electron chi connectivity index (χ4n) is 2.75. The van der Waals surface area contributed by atoms with E-state index in [2.05, 4.69) is 24.6 Å². The first-order valence-corrected chi connectivity index (χ1v) is 7.45. The van der Waals surface area contributed by atoms with Gasteiger partial charge in [-0.3, -0.25) is 4.98 Å².